The van der Waals surface area contributed by atoms with E-state index in [0.29, 0.717) is 32.1 Å². The van der Waals surface area contributed by atoms with Gasteiger partial charge >= 0.3 is 0 Å². The third-order valence-corrected chi connectivity index (χ3v) is 4.61. The Morgan fingerprint density at radius 1 is 1.33 bits per heavy atom. The van der Waals surface area contributed by atoms with Crippen LogP contribution in [-0.4, -0.2) is 27.7 Å². The van der Waals surface area contributed by atoms with E-state index in [2.05, 4.69) is 0 Å². The second-order valence-corrected chi connectivity index (χ2v) is 5.71. The molecule has 0 unspecified atom stereocenters. The Kier molecular flexibility index (Phi) is 2.43. The second-order valence-electron chi connectivity index (χ2n) is 5.71. The summed E-state index contributed by atoms with van der Waals surface area (Å²) < 4.78 is 0. The zero-order chi connectivity index (χ0) is 11.3. The standard InChI is InChI=1S/C12H20O3/c1-11-5-3-8(13)7-9(11)12(2,15)6-4-10(11)14/h9-10,14-15H,3-7H2,1-2H3/t9-,10-,11-,12-/m1/s1. The van der Waals surface area contributed by atoms with Crippen molar-refractivity contribution in [1.29, 1.82) is 0 Å². The molecule has 2 saturated carbocycles. The first-order valence-electron chi connectivity index (χ1n) is 5.78. The highest BCUT2D eigenvalue weighted by molar-refractivity contribution is 5.80. The van der Waals surface area contributed by atoms with Crippen molar-refractivity contribution in [2.75, 3.05) is 0 Å². The Hall–Kier alpha value is -0.410. The number of aliphatic hydroxyl groups is 2. The third-order valence-electron chi connectivity index (χ3n) is 4.61. The van der Waals surface area contributed by atoms with Crippen LogP contribution in [0.25, 0.3) is 0 Å². The fraction of sp³-hybridized carbons (Fsp3) is 0.917. The van der Waals surface area contributed by atoms with Gasteiger partial charge in [0.15, 0.2) is 0 Å². The summed E-state index contributed by atoms with van der Waals surface area (Å²) in [5.74, 6) is 0.154. The molecular formula is C12H20O3. The van der Waals surface area contributed by atoms with E-state index in [1.165, 1.54) is 0 Å². The predicted octanol–water partition coefficient (Wildman–Crippen LogP) is 1.27. The van der Waals surface area contributed by atoms with Crippen LogP contribution < -0.4 is 0 Å². The van der Waals surface area contributed by atoms with Crippen molar-refractivity contribution in [2.45, 2.75) is 57.7 Å². The van der Waals surface area contributed by atoms with Gasteiger partial charge in [-0.15, -0.1) is 0 Å². The number of Topliss-reactive ketones (excluding diaryl/α,β-unsaturated/α-hetero) is 1. The summed E-state index contributed by atoms with van der Waals surface area (Å²) in [7, 11) is 0. The zero-order valence-corrected chi connectivity index (χ0v) is 9.49. The number of fused-ring (bicyclic) bond motifs is 1. The summed E-state index contributed by atoms with van der Waals surface area (Å²) in [5.41, 5.74) is -1.06. The van der Waals surface area contributed by atoms with Crippen LogP contribution in [0.5, 0.6) is 0 Å². The van der Waals surface area contributed by atoms with E-state index in [-0.39, 0.29) is 23.2 Å². The highest BCUT2D eigenvalue weighted by Gasteiger charge is 2.54. The van der Waals surface area contributed by atoms with E-state index in [1.807, 2.05) is 6.92 Å². The lowest BCUT2D eigenvalue weighted by molar-refractivity contribution is -0.172. The van der Waals surface area contributed by atoms with Gasteiger partial charge in [0.25, 0.3) is 0 Å². The first-order chi connectivity index (χ1) is 6.86. The Morgan fingerprint density at radius 2 is 2.00 bits per heavy atom. The van der Waals surface area contributed by atoms with Crippen molar-refractivity contribution in [1.82, 2.24) is 0 Å². The van der Waals surface area contributed by atoms with Gasteiger partial charge in [0.1, 0.15) is 5.78 Å². The summed E-state index contributed by atoms with van der Waals surface area (Å²) in [6, 6.07) is 0. The van der Waals surface area contributed by atoms with Crippen molar-refractivity contribution in [3.8, 4) is 0 Å². The summed E-state index contributed by atoms with van der Waals surface area (Å²) in [6.45, 7) is 3.82. The van der Waals surface area contributed by atoms with Crippen LogP contribution >= 0.6 is 0 Å². The van der Waals surface area contributed by atoms with Crippen LogP contribution in [0.15, 0.2) is 0 Å². The van der Waals surface area contributed by atoms with Crippen molar-refractivity contribution in [3.05, 3.63) is 0 Å². The molecule has 0 aromatic rings. The Labute approximate surface area is 90.5 Å². The van der Waals surface area contributed by atoms with E-state index in [9.17, 15) is 15.0 Å². The molecule has 86 valence electrons. The molecule has 15 heavy (non-hydrogen) atoms. The fourth-order valence-electron chi connectivity index (χ4n) is 3.41. The van der Waals surface area contributed by atoms with Gasteiger partial charge < -0.3 is 10.2 Å². The van der Waals surface area contributed by atoms with Crippen molar-refractivity contribution < 1.29 is 15.0 Å². The summed E-state index contributed by atoms with van der Waals surface area (Å²) in [5, 5.41) is 20.4. The Bertz CT molecular complexity index is 285. The average Bonchev–Trinajstić information content (AvgIpc) is 2.16. The van der Waals surface area contributed by atoms with Crippen molar-refractivity contribution in [3.63, 3.8) is 0 Å². The molecule has 2 aliphatic carbocycles. The molecule has 0 aromatic heterocycles. The predicted molar refractivity (Wildman–Crippen MR) is 56.3 cm³/mol. The molecule has 0 aromatic carbocycles. The van der Waals surface area contributed by atoms with E-state index < -0.39 is 5.60 Å². The number of hydrogen-bond acceptors (Lipinski definition) is 3. The zero-order valence-electron chi connectivity index (χ0n) is 9.49. The third kappa shape index (κ3) is 1.62. The van der Waals surface area contributed by atoms with Crippen LogP contribution in [0.2, 0.25) is 0 Å². The molecule has 2 aliphatic rings. The van der Waals surface area contributed by atoms with Gasteiger partial charge in [-0.2, -0.15) is 0 Å². The highest BCUT2D eigenvalue weighted by atomic mass is 16.3. The lowest BCUT2D eigenvalue weighted by Gasteiger charge is -2.54. The fourth-order valence-corrected chi connectivity index (χ4v) is 3.41. The van der Waals surface area contributed by atoms with Crippen LogP contribution in [-0.2, 0) is 4.79 Å². The van der Waals surface area contributed by atoms with Gasteiger partial charge in [0, 0.05) is 18.8 Å². The number of rotatable bonds is 0. The quantitative estimate of drug-likeness (QED) is 0.635. The van der Waals surface area contributed by atoms with Crippen LogP contribution in [0.3, 0.4) is 0 Å². The smallest absolute Gasteiger partial charge is 0.133 e. The van der Waals surface area contributed by atoms with E-state index in [0.717, 1.165) is 0 Å². The second kappa shape index (κ2) is 3.29. The minimum atomic E-state index is -0.788. The van der Waals surface area contributed by atoms with Gasteiger partial charge in [-0.3, -0.25) is 4.79 Å². The van der Waals surface area contributed by atoms with Crippen LogP contribution in [0, 0.1) is 11.3 Å². The van der Waals surface area contributed by atoms with E-state index in [4.69, 9.17) is 0 Å². The maximum absolute atomic E-state index is 11.5. The van der Waals surface area contributed by atoms with Gasteiger partial charge in [-0.05, 0) is 31.6 Å². The molecule has 0 bridgehead atoms. The summed E-state index contributed by atoms with van der Waals surface area (Å²) >= 11 is 0. The molecule has 0 radical (unpaired) electrons. The van der Waals surface area contributed by atoms with Gasteiger partial charge in [0.2, 0.25) is 0 Å². The molecule has 0 heterocycles. The molecule has 4 atom stereocenters. The summed E-state index contributed by atoms with van der Waals surface area (Å²) in [4.78, 5) is 11.5. The minimum absolute atomic E-state index is 0.0741. The largest absolute Gasteiger partial charge is 0.393 e. The monoisotopic (exact) mass is 212 g/mol. The van der Waals surface area contributed by atoms with Gasteiger partial charge in [-0.25, -0.2) is 0 Å². The van der Waals surface area contributed by atoms with Crippen molar-refractivity contribution in [2.24, 2.45) is 11.3 Å². The maximum Gasteiger partial charge on any atom is 0.133 e. The first kappa shape index (κ1) is 11.1. The molecule has 2 fully saturated rings. The van der Waals surface area contributed by atoms with Crippen molar-refractivity contribution >= 4 is 5.78 Å². The number of ketones is 1. The Morgan fingerprint density at radius 3 is 2.67 bits per heavy atom. The topological polar surface area (TPSA) is 57.5 Å². The number of carbonyl (C=O) groups excluding carboxylic acids is 1. The molecule has 0 spiro atoms. The maximum atomic E-state index is 11.5. The molecule has 0 amide bonds. The number of carbonyl (C=O) groups is 1. The Balaban J connectivity index is 2.32. The van der Waals surface area contributed by atoms with Crippen LogP contribution in [0.1, 0.15) is 46.0 Å². The molecule has 2 rings (SSSR count). The molecular weight excluding hydrogens is 192 g/mol. The molecule has 0 saturated heterocycles. The minimum Gasteiger partial charge on any atom is -0.393 e. The van der Waals surface area contributed by atoms with E-state index in [1.54, 1.807) is 6.92 Å². The molecule has 3 nitrogen and oxygen atoms in total. The number of hydrogen-bond donors (Lipinski definition) is 2. The number of aliphatic hydroxyl groups excluding tert-OH is 1. The van der Waals surface area contributed by atoms with Crippen LogP contribution in [0.4, 0.5) is 0 Å². The highest BCUT2D eigenvalue weighted by Crippen LogP contribution is 2.53. The van der Waals surface area contributed by atoms with E-state index >= 15 is 0 Å². The van der Waals surface area contributed by atoms with Gasteiger partial charge in [-0.1, -0.05) is 6.92 Å². The molecule has 2 N–H and O–H groups in total. The SMILES string of the molecule is C[C@@]12CCC(=O)C[C@H]1[C@](C)(O)CC[C@H]2O. The lowest BCUT2D eigenvalue weighted by atomic mass is 9.54. The normalized spacial score (nSPS) is 51.3. The molecule has 3 heteroatoms. The lowest BCUT2D eigenvalue weighted by Crippen LogP contribution is -2.57. The summed E-state index contributed by atoms with van der Waals surface area (Å²) in [6.07, 6.45) is 2.58. The molecule has 0 aliphatic heterocycles. The first-order valence-corrected chi connectivity index (χ1v) is 5.78. The average molecular weight is 212 g/mol. The van der Waals surface area contributed by atoms with Gasteiger partial charge in [0.05, 0.1) is 11.7 Å².